The van der Waals surface area contributed by atoms with Crippen molar-refractivity contribution in [3.05, 3.63) is 83.1 Å². The lowest BCUT2D eigenvalue weighted by molar-refractivity contribution is -0.111. The fraction of sp³-hybridized carbons (Fsp3) is 0.217. The number of benzene rings is 2. The van der Waals surface area contributed by atoms with E-state index in [4.69, 9.17) is 0 Å². The zero-order valence-electron chi connectivity index (χ0n) is 16.6. The Hall–Kier alpha value is -3.34. The van der Waals surface area contributed by atoms with E-state index in [0.29, 0.717) is 11.3 Å². The van der Waals surface area contributed by atoms with Gasteiger partial charge in [0.25, 0.3) is 0 Å². The molecule has 5 heteroatoms. The molecule has 1 heterocycles. The van der Waals surface area contributed by atoms with Crippen LogP contribution in [0.4, 0.5) is 10.5 Å². The highest BCUT2D eigenvalue weighted by Crippen LogP contribution is 2.30. The molecule has 0 aliphatic carbocycles. The lowest BCUT2D eigenvalue weighted by Crippen LogP contribution is -2.45. The van der Waals surface area contributed by atoms with Crippen LogP contribution in [0.2, 0.25) is 0 Å². The fourth-order valence-corrected chi connectivity index (χ4v) is 3.20. The molecule has 0 saturated heterocycles. The van der Waals surface area contributed by atoms with Crippen molar-refractivity contribution in [3.8, 4) is 0 Å². The molecule has 0 spiro atoms. The summed E-state index contributed by atoms with van der Waals surface area (Å²) in [4.78, 5) is 28.8. The van der Waals surface area contributed by atoms with Crippen molar-refractivity contribution in [1.82, 2.24) is 10.2 Å². The highest BCUT2D eigenvalue weighted by Gasteiger charge is 2.32. The molecular formula is C23H25N3O2. The first kappa shape index (κ1) is 19.4. The van der Waals surface area contributed by atoms with Gasteiger partial charge in [-0.15, -0.1) is 0 Å². The van der Waals surface area contributed by atoms with Crippen molar-refractivity contribution in [2.45, 2.75) is 13.0 Å². The normalized spacial score (nSPS) is 17.1. The molecule has 0 fully saturated rings. The van der Waals surface area contributed by atoms with Gasteiger partial charge in [0.2, 0.25) is 0 Å². The van der Waals surface area contributed by atoms with Crippen molar-refractivity contribution >= 4 is 23.6 Å². The van der Waals surface area contributed by atoms with Gasteiger partial charge in [0, 0.05) is 38.1 Å². The summed E-state index contributed by atoms with van der Waals surface area (Å²) in [5.74, 6) is -0.116. The minimum Gasteiger partial charge on any atom is -0.378 e. The average Bonchev–Trinajstić information content (AvgIpc) is 2.71. The van der Waals surface area contributed by atoms with Gasteiger partial charge in [0.05, 0.1) is 6.04 Å². The summed E-state index contributed by atoms with van der Waals surface area (Å²) < 4.78 is 0. The second kappa shape index (κ2) is 8.13. The summed E-state index contributed by atoms with van der Waals surface area (Å²) in [6.45, 7) is 1.81. The van der Waals surface area contributed by atoms with Crippen molar-refractivity contribution in [2.24, 2.45) is 0 Å². The van der Waals surface area contributed by atoms with Crippen molar-refractivity contribution in [2.75, 3.05) is 26.0 Å². The van der Waals surface area contributed by atoms with E-state index < -0.39 is 6.04 Å². The summed E-state index contributed by atoms with van der Waals surface area (Å²) in [6.07, 6.45) is 3.38. The first-order valence-electron chi connectivity index (χ1n) is 9.18. The summed E-state index contributed by atoms with van der Waals surface area (Å²) in [5, 5.41) is 2.93. The van der Waals surface area contributed by atoms with Gasteiger partial charge in [-0.1, -0.05) is 48.5 Å². The third-order valence-electron chi connectivity index (χ3n) is 4.99. The molecule has 2 amide bonds. The predicted molar refractivity (Wildman–Crippen MR) is 113 cm³/mol. The monoisotopic (exact) mass is 375 g/mol. The summed E-state index contributed by atoms with van der Waals surface area (Å²) in [5.41, 5.74) is 4.17. The minimum atomic E-state index is -0.460. The maximum absolute atomic E-state index is 13.1. The molecule has 5 nitrogen and oxygen atoms in total. The molecule has 2 aromatic carbocycles. The summed E-state index contributed by atoms with van der Waals surface area (Å²) in [7, 11) is 5.64. The number of hydrogen-bond donors (Lipinski definition) is 1. The van der Waals surface area contributed by atoms with E-state index in [-0.39, 0.29) is 11.8 Å². The van der Waals surface area contributed by atoms with E-state index in [0.717, 1.165) is 16.8 Å². The zero-order chi connectivity index (χ0) is 20.3. The Morgan fingerprint density at radius 2 is 1.71 bits per heavy atom. The average molecular weight is 375 g/mol. The highest BCUT2D eigenvalue weighted by atomic mass is 16.2. The number of urea groups is 1. The molecule has 0 radical (unpaired) electrons. The summed E-state index contributed by atoms with van der Waals surface area (Å²) in [6, 6.07) is 16.8. The number of anilines is 1. The predicted octanol–water partition coefficient (Wildman–Crippen LogP) is 4.01. The number of carbonyl (C=O) groups excluding carboxylic acids is 2. The Morgan fingerprint density at radius 1 is 1.07 bits per heavy atom. The number of ketones is 1. The van der Waals surface area contributed by atoms with Gasteiger partial charge in [-0.05, 0) is 36.3 Å². The van der Waals surface area contributed by atoms with E-state index in [2.05, 4.69) is 5.32 Å². The van der Waals surface area contributed by atoms with Crippen LogP contribution in [-0.2, 0) is 4.79 Å². The molecule has 0 bridgehead atoms. The van der Waals surface area contributed by atoms with Crippen LogP contribution in [-0.4, -0.2) is 37.9 Å². The van der Waals surface area contributed by atoms with Crippen LogP contribution in [0.5, 0.6) is 0 Å². The van der Waals surface area contributed by atoms with Crippen molar-refractivity contribution in [3.63, 3.8) is 0 Å². The second-order valence-corrected chi connectivity index (χ2v) is 7.03. The van der Waals surface area contributed by atoms with E-state index in [9.17, 15) is 9.59 Å². The lowest BCUT2D eigenvalue weighted by atomic mass is 9.91. The Morgan fingerprint density at radius 3 is 2.32 bits per heavy atom. The van der Waals surface area contributed by atoms with Crippen molar-refractivity contribution < 1.29 is 9.59 Å². The van der Waals surface area contributed by atoms with Gasteiger partial charge in [-0.25, -0.2) is 4.79 Å². The van der Waals surface area contributed by atoms with Crippen LogP contribution in [0.1, 0.15) is 24.1 Å². The molecule has 2 aromatic rings. The van der Waals surface area contributed by atoms with Gasteiger partial charge in [0.15, 0.2) is 5.78 Å². The molecular weight excluding hydrogens is 350 g/mol. The van der Waals surface area contributed by atoms with Crippen LogP contribution in [0.3, 0.4) is 0 Å². The number of rotatable bonds is 5. The highest BCUT2D eigenvalue weighted by molar-refractivity contribution is 6.09. The zero-order valence-corrected chi connectivity index (χ0v) is 16.6. The van der Waals surface area contributed by atoms with Crippen LogP contribution in [0.25, 0.3) is 6.08 Å². The number of nitrogens with zero attached hydrogens (tertiary/aromatic N) is 2. The SMILES string of the molecule is CC1=C(C(=O)/C=C/c2ccc(N(C)C)cc2)C(c2ccccc2)NC(=O)N1C. The quantitative estimate of drug-likeness (QED) is 0.804. The van der Waals surface area contributed by atoms with E-state index in [1.165, 1.54) is 4.90 Å². The molecule has 28 heavy (non-hydrogen) atoms. The number of amides is 2. The van der Waals surface area contributed by atoms with Gasteiger partial charge in [-0.2, -0.15) is 0 Å². The number of carbonyl (C=O) groups is 2. The second-order valence-electron chi connectivity index (χ2n) is 7.03. The Balaban J connectivity index is 1.91. The van der Waals surface area contributed by atoms with Crippen LogP contribution in [0.15, 0.2) is 71.9 Å². The molecule has 1 N–H and O–H groups in total. The van der Waals surface area contributed by atoms with Gasteiger partial charge < -0.3 is 15.1 Å². The maximum Gasteiger partial charge on any atom is 0.322 e. The fourth-order valence-electron chi connectivity index (χ4n) is 3.20. The molecule has 144 valence electrons. The topological polar surface area (TPSA) is 52.7 Å². The number of nitrogens with one attached hydrogen (secondary N) is 1. The Bertz CT molecular complexity index is 928. The first-order chi connectivity index (χ1) is 13.4. The molecule has 1 aliphatic rings. The van der Waals surface area contributed by atoms with Gasteiger partial charge in [-0.3, -0.25) is 4.79 Å². The number of hydrogen-bond acceptors (Lipinski definition) is 3. The minimum absolute atomic E-state index is 0.116. The maximum atomic E-state index is 13.1. The third kappa shape index (κ3) is 3.98. The van der Waals surface area contributed by atoms with E-state index >= 15 is 0 Å². The third-order valence-corrected chi connectivity index (χ3v) is 4.99. The molecule has 3 rings (SSSR count). The largest absolute Gasteiger partial charge is 0.378 e. The molecule has 0 saturated carbocycles. The van der Waals surface area contributed by atoms with Crippen LogP contribution >= 0.6 is 0 Å². The molecule has 1 atom stereocenters. The first-order valence-corrected chi connectivity index (χ1v) is 9.18. The van der Waals surface area contributed by atoms with E-state index in [1.54, 1.807) is 19.2 Å². The van der Waals surface area contributed by atoms with Crippen molar-refractivity contribution in [1.29, 1.82) is 0 Å². The van der Waals surface area contributed by atoms with Gasteiger partial charge in [0.1, 0.15) is 0 Å². The molecule has 0 aromatic heterocycles. The Kier molecular flexibility index (Phi) is 5.64. The smallest absolute Gasteiger partial charge is 0.322 e. The summed E-state index contributed by atoms with van der Waals surface area (Å²) >= 11 is 0. The molecule has 1 aliphatic heterocycles. The molecule has 1 unspecified atom stereocenters. The number of allylic oxidation sites excluding steroid dienone is 2. The lowest BCUT2D eigenvalue weighted by Gasteiger charge is -2.33. The Labute approximate surface area is 166 Å². The van der Waals surface area contributed by atoms with E-state index in [1.807, 2.05) is 80.5 Å². The van der Waals surface area contributed by atoms with Crippen LogP contribution < -0.4 is 10.2 Å². The van der Waals surface area contributed by atoms with Gasteiger partial charge >= 0.3 is 6.03 Å². The standard InChI is InChI=1S/C23H25N3O2/c1-16-21(20(27)15-12-17-10-13-19(14-11-17)25(2)3)22(24-23(28)26(16)4)18-8-6-5-7-9-18/h5-15,22H,1-4H3,(H,24,28)/b15-12+. The van der Waals surface area contributed by atoms with Crippen LogP contribution in [0, 0.1) is 0 Å².